The van der Waals surface area contributed by atoms with Crippen LogP contribution < -0.4 is 9.80 Å². The number of fused-ring (bicyclic) bond motifs is 2. The van der Waals surface area contributed by atoms with Crippen molar-refractivity contribution >= 4 is 49.4 Å². The maximum Gasteiger partial charge on any atom is 0.264 e. The summed E-state index contributed by atoms with van der Waals surface area (Å²) in [6.45, 7) is 5.27. The molecule has 1 spiro atoms. The minimum Gasteiger partial charge on any atom is -0.396 e. The Kier molecular flexibility index (Phi) is 7.41. The highest BCUT2D eigenvalue weighted by Crippen LogP contribution is 2.60. The van der Waals surface area contributed by atoms with Crippen molar-refractivity contribution in [3.63, 3.8) is 0 Å². The van der Waals surface area contributed by atoms with Crippen molar-refractivity contribution in [1.29, 1.82) is 0 Å². The molecule has 39 heavy (non-hydrogen) atoms. The lowest BCUT2D eigenvalue weighted by atomic mass is 9.82. The number of para-hydroxylation sites is 1. The molecule has 2 aliphatic rings. The second kappa shape index (κ2) is 10.5. The summed E-state index contributed by atoms with van der Waals surface area (Å²) in [7, 11) is -3.26. The Bertz CT molecular complexity index is 1370. The van der Waals surface area contributed by atoms with Crippen LogP contribution in [0, 0.1) is 5.92 Å². The molecule has 3 aromatic carbocycles. The lowest BCUT2D eigenvalue weighted by Gasteiger charge is -2.31. The van der Waals surface area contributed by atoms with Crippen molar-refractivity contribution in [3.8, 4) is 0 Å². The summed E-state index contributed by atoms with van der Waals surface area (Å²) >= 11 is 6.40. The number of amides is 2. The summed E-state index contributed by atoms with van der Waals surface area (Å²) in [4.78, 5) is 29.3. The molecule has 0 unspecified atom stereocenters. The number of benzene rings is 3. The number of halogens is 2. The van der Waals surface area contributed by atoms with Crippen LogP contribution in [-0.2, 0) is 26.5 Å². The molecule has 4 atom stereocenters. The Hall–Kier alpha value is -3.04. The van der Waals surface area contributed by atoms with E-state index >= 15 is 4.11 Å². The van der Waals surface area contributed by atoms with E-state index in [1.807, 2.05) is 67.6 Å². The number of carbonyl (C=O) groups excluding carboxylic acids is 2. The van der Waals surface area contributed by atoms with Crippen molar-refractivity contribution in [2.75, 3.05) is 16.4 Å². The molecule has 3 aromatic rings. The van der Waals surface area contributed by atoms with Gasteiger partial charge in [0.25, 0.3) is 5.91 Å². The molecule has 0 aromatic heterocycles. The van der Waals surface area contributed by atoms with Crippen LogP contribution in [0.25, 0.3) is 0 Å². The van der Waals surface area contributed by atoms with E-state index in [0.717, 1.165) is 17.7 Å². The van der Waals surface area contributed by atoms with Gasteiger partial charge in [0.15, 0.2) is 5.60 Å². The molecule has 5 rings (SSSR count). The first-order chi connectivity index (χ1) is 18.6. The van der Waals surface area contributed by atoms with Crippen LogP contribution in [0.3, 0.4) is 0 Å². The number of aliphatic hydroxyl groups excluding tert-OH is 1. The molecule has 0 aliphatic carbocycles. The fraction of sp³-hybridized carbons (Fsp3) is 0.333. The van der Waals surface area contributed by atoms with Crippen molar-refractivity contribution < 1.29 is 23.5 Å². The van der Waals surface area contributed by atoms with Gasteiger partial charge < -0.3 is 18.9 Å². The van der Waals surface area contributed by atoms with Crippen LogP contribution >= 0.6 is 11.6 Å². The molecule has 2 aliphatic heterocycles. The third-order valence-corrected chi connectivity index (χ3v) is 10.7. The summed E-state index contributed by atoms with van der Waals surface area (Å²) in [6, 6.07) is 22.1. The normalized spacial score (nSPS) is 24.3. The zero-order valence-corrected chi connectivity index (χ0v) is 23.9. The van der Waals surface area contributed by atoms with Gasteiger partial charge in [0, 0.05) is 40.0 Å². The second-order valence-corrected chi connectivity index (χ2v) is 15.0. The molecule has 0 radical (unpaired) electrons. The third-order valence-electron chi connectivity index (χ3n) is 8.03. The number of hydrogen-bond acceptors (Lipinski definition) is 4. The first-order valence-electron chi connectivity index (χ1n) is 13.1. The average Bonchev–Trinajstić information content (AvgIpc) is 3.33. The molecule has 9 heteroatoms. The molecular formula is C30H32ClFN2O4Si. The van der Waals surface area contributed by atoms with Crippen LogP contribution in [-0.4, -0.2) is 38.5 Å². The van der Waals surface area contributed by atoms with Gasteiger partial charge in [-0.05, 0) is 67.5 Å². The third kappa shape index (κ3) is 4.69. The van der Waals surface area contributed by atoms with Gasteiger partial charge in [0.05, 0.1) is 18.3 Å². The first-order valence-corrected chi connectivity index (χ1v) is 16.4. The highest BCUT2D eigenvalue weighted by Gasteiger charge is 2.66. The molecule has 2 amide bonds. The van der Waals surface area contributed by atoms with E-state index in [1.54, 1.807) is 35.0 Å². The number of anilines is 3. The smallest absolute Gasteiger partial charge is 0.264 e. The van der Waals surface area contributed by atoms with Gasteiger partial charge in [0.2, 0.25) is 14.8 Å². The Morgan fingerprint density at radius 3 is 2.38 bits per heavy atom. The number of aliphatic hydroxyl groups is 1. The van der Waals surface area contributed by atoms with Gasteiger partial charge in [-0.15, -0.1) is 0 Å². The minimum atomic E-state index is -3.26. The van der Waals surface area contributed by atoms with Crippen LogP contribution in [0.4, 0.5) is 21.2 Å². The number of nitrogens with zero attached hydrogens (tertiary/aromatic N) is 2. The SMILES string of the molecule is C[C@H]1[C@H]([Si](C)(C)F)[C@@H](CCO)O[C@]12C(=O)N(Cc1ccc(N(C=O)c3ccccc3)cc1)c1ccc(Cl)cc12. The molecule has 1 N–H and O–H groups in total. The summed E-state index contributed by atoms with van der Waals surface area (Å²) in [5.41, 5.74) is 1.80. The van der Waals surface area contributed by atoms with E-state index in [9.17, 15) is 14.7 Å². The average molecular weight is 567 g/mol. The molecule has 1 fully saturated rings. The van der Waals surface area contributed by atoms with Gasteiger partial charge >= 0.3 is 0 Å². The summed E-state index contributed by atoms with van der Waals surface area (Å²) in [5, 5.41) is 10.2. The van der Waals surface area contributed by atoms with Gasteiger partial charge in [-0.3, -0.25) is 14.5 Å². The highest BCUT2D eigenvalue weighted by molar-refractivity contribution is 6.72. The molecule has 204 valence electrons. The number of rotatable bonds is 8. The predicted octanol–water partition coefficient (Wildman–Crippen LogP) is 6.34. The second-order valence-electron chi connectivity index (χ2n) is 10.8. The molecule has 0 bridgehead atoms. The van der Waals surface area contributed by atoms with Crippen LogP contribution in [0.5, 0.6) is 0 Å². The fourth-order valence-electron chi connectivity index (χ4n) is 6.38. The van der Waals surface area contributed by atoms with E-state index in [0.29, 0.717) is 22.0 Å². The number of ether oxygens (including phenoxy) is 1. The van der Waals surface area contributed by atoms with Crippen LogP contribution in [0.2, 0.25) is 23.7 Å². The maximum absolute atomic E-state index is 15.6. The van der Waals surface area contributed by atoms with Gasteiger partial charge in [-0.2, -0.15) is 0 Å². The van der Waals surface area contributed by atoms with E-state index < -0.39 is 31.6 Å². The molecule has 0 saturated carbocycles. The summed E-state index contributed by atoms with van der Waals surface area (Å²) in [5.74, 6) is -0.691. The van der Waals surface area contributed by atoms with Gasteiger partial charge in [-0.25, -0.2) is 0 Å². The number of carbonyl (C=O) groups is 2. The van der Waals surface area contributed by atoms with Crippen LogP contribution in [0.15, 0.2) is 72.8 Å². The van der Waals surface area contributed by atoms with Crippen molar-refractivity contribution in [2.45, 2.75) is 50.2 Å². The van der Waals surface area contributed by atoms with E-state index in [-0.39, 0.29) is 25.5 Å². The Morgan fingerprint density at radius 1 is 1.10 bits per heavy atom. The molecule has 2 heterocycles. The van der Waals surface area contributed by atoms with Crippen molar-refractivity contribution in [1.82, 2.24) is 0 Å². The monoisotopic (exact) mass is 566 g/mol. The van der Waals surface area contributed by atoms with E-state index in [4.69, 9.17) is 16.3 Å². The van der Waals surface area contributed by atoms with Crippen LogP contribution in [0.1, 0.15) is 24.5 Å². The lowest BCUT2D eigenvalue weighted by Crippen LogP contribution is -2.45. The first kappa shape index (κ1) is 27.5. The van der Waals surface area contributed by atoms with E-state index in [1.165, 1.54) is 0 Å². The zero-order valence-electron chi connectivity index (χ0n) is 22.2. The Morgan fingerprint density at radius 2 is 1.77 bits per heavy atom. The lowest BCUT2D eigenvalue weighted by molar-refractivity contribution is -0.146. The number of hydrogen-bond donors (Lipinski definition) is 1. The predicted molar refractivity (Wildman–Crippen MR) is 153 cm³/mol. The van der Waals surface area contributed by atoms with Gasteiger partial charge in [0.1, 0.15) is 0 Å². The van der Waals surface area contributed by atoms with Crippen molar-refractivity contribution in [3.05, 3.63) is 88.9 Å². The Balaban J connectivity index is 1.49. The standard InChI is InChI=1S/C30H32ClFN2O4Si/c1-20-28(39(2,3)32)27(15-16-35)38-30(20)25-17-22(31)11-14-26(25)33(29(30)37)18-21-9-12-24(13-10-21)34(19-36)23-7-5-4-6-8-23/h4-14,17,19-20,27-28,35H,15-16,18H2,1-3H3/t20-,27+,28-,30+/m0/s1. The molecular weight excluding hydrogens is 535 g/mol. The summed E-state index contributed by atoms with van der Waals surface area (Å²) < 4.78 is 22.1. The largest absolute Gasteiger partial charge is 0.396 e. The summed E-state index contributed by atoms with van der Waals surface area (Å²) in [6.07, 6.45) is 0.460. The Labute approximate surface area is 234 Å². The van der Waals surface area contributed by atoms with Gasteiger partial charge in [-0.1, -0.05) is 48.9 Å². The molecule has 6 nitrogen and oxygen atoms in total. The maximum atomic E-state index is 15.6. The molecule has 1 saturated heterocycles. The highest BCUT2D eigenvalue weighted by atomic mass is 35.5. The fourth-order valence-corrected chi connectivity index (χ4v) is 9.09. The quantitative estimate of drug-likeness (QED) is 0.196. The topological polar surface area (TPSA) is 70.1 Å². The minimum absolute atomic E-state index is 0.151. The van der Waals surface area contributed by atoms with E-state index in [2.05, 4.69) is 0 Å². The zero-order chi connectivity index (χ0) is 27.9. The van der Waals surface area contributed by atoms with Crippen molar-refractivity contribution in [2.24, 2.45) is 5.92 Å².